The second-order valence-electron chi connectivity index (χ2n) is 10.4. The summed E-state index contributed by atoms with van der Waals surface area (Å²) < 4.78 is 24.5. The molecule has 0 bridgehead atoms. The lowest BCUT2D eigenvalue weighted by atomic mass is 10.0. The number of likely N-dealkylation sites (tertiary alicyclic amines) is 2. The molecule has 0 aromatic heterocycles. The van der Waals surface area contributed by atoms with Crippen molar-refractivity contribution in [1.29, 1.82) is 5.26 Å². The Morgan fingerprint density at radius 3 is 2.18 bits per heavy atom. The van der Waals surface area contributed by atoms with E-state index in [4.69, 9.17) is 14.7 Å². The van der Waals surface area contributed by atoms with Crippen LogP contribution in [0.5, 0.6) is 11.5 Å². The van der Waals surface area contributed by atoms with Crippen molar-refractivity contribution >= 4 is 5.69 Å². The molecule has 39 heavy (non-hydrogen) atoms. The average molecular weight is 541 g/mol. The van der Waals surface area contributed by atoms with Crippen LogP contribution < -0.4 is 9.47 Å². The van der Waals surface area contributed by atoms with Crippen LogP contribution >= 0.6 is 0 Å². The summed E-state index contributed by atoms with van der Waals surface area (Å²) in [4.78, 5) is 15.1. The third-order valence-electron chi connectivity index (χ3n) is 7.07. The van der Waals surface area contributed by atoms with Crippen molar-refractivity contribution in [3.63, 3.8) is 0 Å². The predicted molar refractivity (Wildman–Crippen MR) is 150 cm³/mol. The highest BCUT2D eigenvalue weighted by molar-refractivity contribution is 5.36. The van der Waals surface area contributed by atoms with E-state index in [0.29, 0.717) is 24.7 Å². The van der Waals surface area contributed by atoms with Crippen LogP contribution in [-0.2, 0) is 0 Å². The van der Waals surface area contributed by atoms with Gasteiger partial charge >= 0.3 is 0 Å². The highest BCUT2D eigenvalue weighted by Crippen LogP contribution is 2.19. The fraction of sp³-hybridized carbons (Fsp3) is 0.567. The first-order valence-electron chi connectivity index (χ1n) is 14.1. The Morgan fingerprint density at radius 2 is 1.56 bits per heavy atom. The maximum Gasteiger partial charge on any atom is 0.269 e. The lowest BCUT2D eigenvalue weighted by Gasteiger charge is -2.30. The molecule has 8 nitrogen and oxygen atoms in total. The van der Waals surface area contributed by atoms with E-state index in [1.54, 1.807) is 24.3 Å². The van der Waals surface area contributed by atoms with Crippen LogP contribution in [0.25, 0.3) is 0 Å². The molecule has 212 valence electrons. The molecule has 0 spiro atoms. The van der Waals surface area contributed by atoms with Gasteiger partial charge in [-0.2, -0.15) is 5.26 Å². The number of nitro groups is 1. The minimum Gasteiger partial charge on any atom is -0.494 e. The summed E-state index contributed by atoms with van der Waals surface area (Å²) in [6.07, 6.45) is 8.51. The minimum absolute atomic E-state index is 0.0562. The third-order valence-corrected chi connectivity index (χ3v) is 7.07. The van der Waals surface area contributed by atoms with Crippen molar-refractivity contribution in [3.8, 4) is 17.6 Å². The molecular weight excluding hydrogens is 499 g/mol. The molecule has 0 aliphatic carbocycles. The number of nitro benzene ring substituents is 1. The zero-order valence-electron chi connectivity index (χ0n) is 23.0. The van der Waals surface area contributed by atoms with Crippen LogP contribution in [-0.4, -0.2) is 67.2 Å². The molecule has 2 aromatic carbocycles. The van der Waals surface area contributed by atoms with Gasteiger partial charge in [-0.3, -0.25) is 10.1 Å². The summed E-state index contributed by atoms with van der Waals surface area (Å²) in [6.45, 7) is 10.4. The van der Waals surface area contributed by atoms with Crippen molar-refractivity contribution in [2.75, 3.05) is 52.5 Å². The normalized spacial score (nSPS) is 17.9. The third kappa shape index (κ3) is 11.2. The van der Waals surface area contributed by atoms with Gasteiger partial charge in [0.15, 0.2) is 0 Å². The molecule has 2 saturated heterocycles. The summed E-state index contributed by atoms with van der Waals surface area (Å²) in [7, 11) is 0. The van der Waals surface area contributed by atoms with Crippen molar-refractivity contribution in [2.24, 2.45) is 5.92 Å². The number of hydrogen-bond acceptors (Lipinski definition) is 7. The van der Waals surface area contributed by atoms with Crippen molar-refractivity contribution < 1.29 is 18.8 Å². The van der Waals surface area contributed by atoms with Gasteiger partial charge in [0, 0.05) is 37.8 Å². The number of benzene rings is 2. The summed E-state index contributed by atoms with van der Waals surface area (Å²) >= 11 is 0. The fourth-order valence-electron chi connectivity index (χ4n) is 4.97. The second kappa shape index (κ2) is 16.7. The molecule has 0 amide bonds. The quantitative estimate of drug-likeness (QED) is 0.195. The monoisotopic (exact) mass is 540 g/mol. The standard InChI is InChI=1S/C15H19FN2O.C15H22N2O3/c16-15-11-14(6-5-13(15)12-17)19-10-4-9-18-7-2-1-3-8-18;1-13-4-2-9-16(12-13)10-3-11-20-15-7-5-14(6-8-15)17(18)19/h5-6,11H,1-4,7-10H2;5-8,13H,2-4,9-12H2,1H3. The molecule has 2 fully saturated rings. The number of hydrogen-bond donors (Lipinski definition) is 0. The van der Waals surface area contributed by atoms with Gasteiger partial charge in [-0.1, -0.05) is 13.3 Å². The Morgan fingerprint density at radius 1 is 0.949 bits per heavy atom. The highest BCUT2D eigenvalue weighted by Gasteiger charge is 2.15. The van der Waals surface area contributed by atoms with Crippen molar-refractivity contribution in [2.45, 2.75) is 51.9 Å². The van der Waals surface area contributed by atoms with E-state index in [9.17, 15) is 14.5 Å². The van der Waals surface area contributed by atoms with Crippen LogP contribution in [0.4, 0.5) is 10.1 Å². The van der Waals surface area contributed by atoms with Crippen LogP contribution in [0.2, 0.25) is 0 Å². The first-order chi connectivity index (χ1) is 18.9. The van der Waals surface area contributed by atoms with E-state index >= 15 is 0 Å². The van der Waals surface area contributed by atoms with Gasteiger partial charge in [-0.25, -0.2) is 4.39 Å². The topological polar surface area (TPSA) is 91.9 Å². The Bertz CT molecular complexity index is 1050. The minimum atomic E-state index is -0.518. The van der Waals surface area contributed by atoms with Gasteiger partial charge in [0.2, 0.25) is 0 Å². The lowest BCUT2D eigenvalue weighted by Crippen LogP contribution is -2.35. The Labute approximate surface area is 231 Å². The number of ether oxygens (including phenoxy) is 2. The predicted octanol–water partition coefficient (Wildman–Crippen LogP) is 6.05. The lowest BCUT2D eigenvalue weighted by molar-refractivity contribution is -0.384. The zero-order valence-corrected chi connectivity index (χ0v) is 23.0. The molecule has 2 aliphatic heterocycles. The summed E-state index contributed by atoms with van der Waals surface area (Å²) in [5.41, 5.74) is 0.153. The van der Waals surface area contributed by atoms with Gasteiger partial charge in [-0.15, -0.1) is 0 Å². The Hall–Kier alpha value is -3.22. The summed E-state index contributed by atoms with van der Waals surface area (Å²) in [5, 5.41) is 19.2. The van der Waals surface area contributed by atoms with Gasteiger partial charge in [0.1, 0.15) is 23.4 Å². The van der Waals surface area contributed by atoms with Gasteiger partial charge < -0.3 is 19.3 Å². The van der Waals surface area contributed by atoms with E-state index < -0.39 is 10.7 Å². The van der Waals surface area contributed by atoms with Crippen LogP contribution in [0.3, 0.4) is 0 Å². The SMILES string of the molecule is CC1CCCN(CCCOc2ccc([N+](=O)[O-])cc2)C1.N#Cc1ccc(OCCCN2CCCCC2)cc1F. The summed E-state index contributed by atoms with van der Waals surface area (Å²) in [5.74, 6) is 1.48. The van der Waals surface area contributed by atoms with Crippen molar-refractivity contribution in [3.05, 3.63) is 64.0 Å². The second-order valence-corrected chi connectivity index (χ2v) is 10.4. The molecule has 2 heterocycles. The van der Waals surface area contributed by atoms with Gasteiger partial charge in [0.05, 0.1) is 23.7 Å². The number of nitriles is 1. The maximum atomic E-state index is 13.3. The summed E-state index contributed by atoms with van der Waals surface area (Å²) in [6, 6.07) is 12.4. The molecule has 1 atom stereocenters. The largest absolute Gasteiger partial charge is 0.494 e. The van der Waals surface area contributed by atoms with E-state index in [-0.39, 0.29) is 11.3 Å². The highest BCUT2D eigenvalue weighted by atomic mass is 19.1. The van der Waals surface area contributed by atoms with Gasteiger partial charge in [0.25, 0.3) is 5.69 Å². The van der Waals surface area contributed by atoms with Gasteiger partial charge in [-0.05, 0) is 88.3 Å². The number of non-ortho nitro benzene ring substituents is 1. The average Bonchev–Trinajstić information content (AvgIpc) is 2.95. The van der Waals surface area contributed by atoms with E-state index in [1.165, 1.54) is 82.5 Å². The number of nitrogens with zero attached hydrogens (tertiary/aromatic N) is 4. The molecule has 2 aliphatic rings. The molecule has 0 N–H and O–H groups in total. The molecule has 2 aromatic rings. The van der Waals surface area contributed by atoms with Crippen molar-refractivity contribution in [1.82, 2.24) is 9.80 Å². The first kappa shape index (κ1) is 30.3. The molecule has 0 radical (unpaired) electrons. The van der Waals surface area contributed by atoms with Crippen LogP contribution in [0.15, 0.2) is 42.5 Å². The fourth-order valence-corrected chi connectivity index (χ4v) is 4.97. The molecule has 1 unspecified atom stereocenters. The number of rotatable bonds is 11. The molecule has 4 rings (SSSR count). The maximum absolute atomic E-state index is 13.3. The first-order valence-corrected chi connectivity index (χ1v) is 14.1. The molecular formula is C30H41FN4O4. The van der Waals surface area contributed by atoms with E-state index in [0.717, 1.165) is 31.8 Å². The smallest absolute Gasteiger partial charge is 0.269 e. The van der Waals surface area contributed by atoms with Crippen LogP contribution in [0.1, 0.15) is 57.4 Å². The number of piperidine rings is 2. The molecule has 0 saturated carbocycles. The Balaban J connectivity index is 0.000000216. The van der Waals surface area contributed by atoms with E-state index in [1.807, 2.05) is 0 Å². The van der Waals surface area contributed by atoms with Crippen LogP contribution in [0, 0.1) is 33.2 Å². The Kier molecular flexibility index (Phi) is 13.0. The zero-order chi connectivity index (χ0) is 27.9. The van der Waals surface area contributed by atoms with E-state index in [2.05, 4.69) is 16.7 Å². The number of halogens is 1. The molecule has 9 heteroatoms.